The molecule has 3 radical (unpaired) electrons. The van der Waals surface area contributed by atoms with E-state index in [0.717, 1.165) is 0 Å². The van der Waals surface area contributed by atoms with E-state index in [4.69, 9.17) is 0 Å². The van der Waals surface area contributed by atoms with Gasteiger partial charge in [0.05, 0.1) is 0 Å². The molecule has 19 valence electrons. The summed E-state index contributed by atoms with van der Waals surface area (Å²) in [4.78, 5) is 0. The molecule has 0 rings (SSSR count). The maximum absolute atomic E-state index is 0. The van der Waals surface area contributed by atoms with Crippen molar-refractivity contribution in [3.8, 4) is 0 Å². The third-order valence-corrected chi connectivity index (χ3v) is 0. The Morgan fingerprint density at radius 3 is 0.400 bits per heavy atom. The number of hydrogen-bond acceptors (Lipinski definition) is 0. The van der Waals surface area contributed by atoms with Crippen LogP contribution in [0, 0.1) is 0 Å². The van der Waals surface area contributed by atoms with Crippen LogP contribution in [-0.2, 0) is 0 Å². The van der Waals surface area contributed by atoms with Gasteiger partial charge in [-0.25, -0.2) is 0 Å². The van der Waals surface area contributed by atoms with Gasteiger partial charge in [-0.1, -0.05) is 0 Å². The molecular formula is H4Na3O2. The van der Waals surface area contributed by atoms with Crippen molar-refractivity contribution in [1.82, 2.24) is 0 Å². The molecule has 0 aliphatic carbocycles. The van der Waals surface area contributed by atoms with E-state index in [9.17, 15) is 0 Å². The van der Waals surface area contributed by atoms with Crippen molar-refractivity contribution in [1.29, 1.82) is 0 Å². The van der Waals surface area contributed by atoms with Crippen LogP contribution in [0.25, 0.3) is 0 Å². The Hall–Kier alpha value is 2.92. The van der Waals surface area contributed by atoms with Gasteiger partial charge in [0, 0.05) is 88.7 Å². The van der Waals surface area contributed by atoms with Gasteiger partial charge in [-0.05, 0) is 0 Å². The van der Waals surface area contributed by atoms with Crippen LogP contribution in [0.2, 0.25) is 0 Å². The quantitative estimate of drug-likeness (QED) is 0.299. The van der Waals surface area contributed by atoms with Crippen molar-refractivity contribution in [3.05, 3.63) is 0 Å². The molecule has 0 unspecified atom stereocenters. The Morgan fingerprint density at radius 1 is 0.400 bits per heavy atom. The maximum atomic E-state index is 0. The Bertz CT molecular complexity index is 4.85. The summed E-state index contributed by atoms with van der Waals surface area (Å²) in [7, 11) is 0. The number of hydrogen-bond donors (Lipinski definition) is 0. The van der Waals surface area contributed by atoms with Crippen LogP contribution in [0.3, 0.4) is 0 Å². The minimum absolute atomic E-state index is 0. The van der Waals surface area contributed by atoms with E-state index in [-0.39, 0.29) is 99.6 Å². The Morgan fingerprint density at radius 2 is 0.400 bits per heavy atom. The van der Waals surface area contributed by atoms with Gasteiger partial charge < -0.3 is 11.0 Å². The van der Waals surface area contributed by atoms with E-state index in [0.29, 0.717) is 0 Å². The summed E-state index contributed by atoms with van der Waals surface area (Å²) in [5.74, 6) is 0. The molecule has 0 heterocycles. The third-order valence-electron chi connectivity index (χ3n) is 0. The van der Waals surface area contributed by atoms with E-state index < -0.39 is 0 Å². The Labute approximate surface area is 97.6 Å². The standard InChI is InChI=1S/3Na.2H2O/h;;;2*1H2. The van der Waals surface area contributed by atoms with Crippen molar-refractivity contribution in [3.63, 3.8) is 0 Å². The van der Waals surface area contributed by atoms with E-state index in [2.05, 4.69) is 0 Å². The Kier molecular flexibility index (Phi) is 253. The summed E-state index contributed by atoms with van der Waals surface area (Å²) in [6.07, 6.45) is 0. The molecule has 0 aliphatic heterocycles. The Balaban J connectivity index is 0. The van der Waals surface area contributed by atoms with E-state index in [1.54, 1.807) is 0 Å². The summed E-state index contributed by atoms with van der Waals surface area (Å²) in [5.41, 5.74) is 0. The van der Waals surface area contributed by atoms with E-state index in [1.807, 2.05) is 0 Å². The summed E-state index contributed by atoms with van der Waals surface area (Å²) in [6.45, 7) is 0. The van der Waals surface area contributed by atoms with Crippen molar-refractivity contribution in [2.24, 2.45) is 0 Å². The molecular weight excluding hydrogens is 101 g/mol. The molecule has 0 spiro atoms. The first-order chi connectivity index (χ1) is 0. The summed E-state index contributed by atoms with van der Waals surface area (Å²) in [6, 6.07) is 0. The number of rotatable bonds is 0. The van der Waals surface area contributed by atoms with Crippen molar-refractivity contribution in [2.75, 3.05) is 0 Å². The molecule has 0 aromatic rings. The normalized spacial score (nSPS) is 0. The van der Waals surface area contributed by atoms with Gasteiger partial charge in [-0.2, -0.15) is 0 Å². The molecule has 5 heteroatoms. The van der Waals surface area contributed by atoms with Gasteiger partial charge in [0.25, 0.3) is 0 Å². The minimum atomic E-state index is 0. The molecule has 0 fully saturated rings. The van der Waals surface area contributed by atoms with Crippen LogP contribution >= 0.6 is 0 Å². The van der Waals surface area contributed by atoms with Crippen molar-refractivity contribution in [2.45, 2.75) is 0 Å². The van der Waals surface area contributed by atoms with Gasteiger partial charge in [-0.15, -0.1) is 0 Å². The zero-order chi connectivity index (χ0) is 0. The van der Waals surface area contributed by atoms with Gasteiger partial charge in [0.2, 0.25) is 0 Å². The van der Waals surface area contributed by atoms with E-state index >= 15 is 0 Å². The second kappa shape index (κ2) is 28.4. The zero-order valence-corrected chi connectivity index (χ0v) is 10.0. The average Bonchev–Trinajstić information content (AvgIpc) is 0. The molecule has 0 atom stereocenters. The van der Waals surface area contributed by atoms with Crippen LogP contribution in [-0.4, -0.2) is 99.6 Å². The topological polar surface area (TPSA) is 63.0 Å². The second-order valence-corrected chi connectivity index (χ2v) is 0. The van der Waals surface area contributed by atoms with Gasteiger partial charge >= 0.3 is 0 Å². The summed E-state index contributed by atoms with van der Waals surface area (Å²) < 4.78 is 0. The molecule has 0 aromatic carbocycles. The predicted molar refractivity (Wildman–Crippen MR) is 24.5 cm³/mol. The average molecular weight is 105 g/mol. The van der Waals surface area contributed by atoms with E-state index in [1.165, 1.54) is 0 Å². The summed E-state index contributed by atoms with van der Waals surface area (Å²) in [5, 5.41) is 0. The molecule has 0 bridgehead atoms. The van der Waals surface area contributed by atoms with Crippen LogP contribution < -0.4 is 0 Å². The van der Waals surface area contributed by atoms with Crippen LogP contribution in [0.4, 0.5) is 0 Å². The largest absolute Gasteiger partial charge is 0.412 e. The fraction of sp³-hybridized carbons (Fsp3) is 0. The molecule has 0 aromatic heterocycles. The molecule has 0 aliphatic rings. The molecule has 0 amide bonds. The molecule has 5 heavy (non-hydrogen) atoms. The van der Waals surface area contributed by atoms with Crippen molar-refractivity contribution >= 4 is 88.7 Å². The van der Waals surface area contributed by atoms with Crippen LogP contribution in [0.1, 0.15) is 0 Å². The zero-order valence-electron chi connectivity index (χ0n) is 4.00. The molecule has 4 N–H and O–H groups in total. The SMILES string of the molecule is O.O.[Na].[Na].[Na]. The van der Waals surface area contributed by atoms with Gasteiger partial charge in [0.15, 0.2) is 0 Å². The van der Waals surface area contributed by atoms with Gasteiger partial charge in [-0.3, -0.25) is 0 Å². The monoisotopic (exact) mass is 105 g/mol. The molecule has 0 saturated carbocycles. The predicted octanol–water partition coefficient (Wildman–Crippen LogP) is -2.79. The van der Waals surface area contributed by atoms with Crippen molar-refractivity contribution < 1.29 is 11.0 Å². The fourth-order valence-electron chi connectivity index (χ4n) is 0. The first kappa shape index (κ1) is 44.5. The smallest absolute Gasteiger partial charge is 0 e. The maximum Gasteiger partial charge on any atom is 0 e. The second-order valence-electron chi connectivity index (χ2n) is 0. The molecule has 0 saturated heterocycles. The minimum Gasteiger partial charge on any atom is -0.412 e. The third kappa shape index (κ3) is 19.6. The van der Waals surface area contributed by atoms with Gasteiger partial charge in [0.1, 0.15) is 0 Å². The first-order valence-corrected chi connectivity index (χ1v) is 0. The van der Waals surface area contributed by atoms with Crippen LogP contribution in [0.15, 0.2) is 0 Å². The molecule has 2 nitrogen and oxygen atoms in total. The summed E-state index contributed by atoms with van der Waals surface area (Å²) >= 11 is 0. The fourth-order valence-corrected chi connectivity index (χ4v) is 0. The van der Waals surface area contributed by atoms with Crippen LogP contribution in [0.5, 0.6) is 0 Å². The first-order valence-electron chi connectivity index (χ1n) is 0.